The minimum atomic E-state index is 0.0401. The van der Waals surface area contributed by atoms with E-state index in [4.69, 9.17) is 0 Å². The summed E-state index contributed by atoms with van der Waals surface area (Å²) in [6, 6.07) is 15.7. The molecule has 0 bridgehead atoms. The number of carbonyl (C=O) groups excluding carboxylic acids is 1. The van der Waals surface area contributed by atoms with Crippen LogP contribution >= 0.6 is 11.8 Å². The van der Waals surface area contributed by atoms with Crippen molar-refractivity contribution in [3.05, 3.63) is 65.7 Å². The first-order valence-electron chi connectivity index (χ1n) is 6.99. The van der Waals surface area contributed by atoms with Crippen LogP contribution in [-0.4, -0.2) is 31.1 Å². The number of Topliss-reactive ketones (excluding diaryl/α,β-unsaturated/α-hetero) is 1. The Balaban J connectivity index is 2.17. The maximum atomic E-state index is 12.9. The lowest BCUT2D eigenvalue weighted by Crippen LogP contribution is -2.04. The minimum absolute atomic E-state index is 0.0401. The maximum absolute atomic E-state index is 12.9. The fourth-order valence-corrected chi connectivity index (χ4v) is 3.40. The molecular weight excluding hydrogens is 292 g/mol. The summed E-state index contributed by atoms with van der Waals surface area (Å²) in [6.07, 6.45) is 3.46. The molecule has 0 saturated carbocycles. The number of hydrogen-bond donors (Lipinski definition) is 0. The molecular formula is C18H16N2OS. The van der Waals surface area contributed by atoms with Crippen LogP contribution in [0.25, 0.3) is 5.57 Å². The molecule has 4 heteroatoms. The zero-order valence-electron chi connectivity index (χ0n) is 12.5. The highest BCUT2D eigenvalue weighted by Crippen LogP contribution is 2.40. The predicted molar refractivity (Wildman–Crippen MR) is 91.5 cm³/mol. The smallest absolute Gasteiger partial charge is 0.194 e. The SMILES string of the molecule is CN(C)/N=C/C=C1/C(=O)c2ccccc2Sc2ccccc21. The van der Waals surface area contributed by atoms with Gasteiger partial charge in [0.25, 0.3) is 0 Å². The van der Waals surface area contributed by atoms with Crippen LogP contribution in [0.5, 0.6) is 0 Å². The van der Waals surface area contributed by atoms with Crippen LogP contribution < -0.4 is 0 Å². The highest BCUT2D eigenvalue weighted by molar-refractivity contribution is 7.99. The van der Waals surface area contributed by atoms with E-state index in [9.17, 15) is 4.79 Å². The number of ketones is 1. The number of nitrogens with zero attached hydrogens (tertiary/aromatic N) is 2. The number of fused-ring (bicyclic) bond motifs is 2. The summed E-state index contributed by atoms with van der Waals surface area (Å²) in [5.41, 5.74) is 2.38. The molecule has 0 unspecified atom stereocenters. The van der Waals surface area contributed by atoms with Gasteiger partial charge in [0, 0.05) is 41.2 Å². The molecule has 0 aromatic heterocycles. The van der Waals surface area contributed by atoms with E-state index in [1.54, 1.807) is 29.1 Å². The number of carbonyl (C=O) groups is 1. The molecule has 0 fully saturated rings. The van der Waals surface area contributed by atoms with Gasteiger partial charge < -0.3 is 5.01 Å². The lowest BCUT2D eigenvalue weighted by Gasteiger charge is -2.06. The molecule has 0 atom stereocenters. The number of hydrazone groups is 1. The van der Waals surface area contributed by atoms with E-state index in [0.29, 0.717) is 5.57 Å². The molecule has 0 radical (unpaired) electrons. The highest BCUT2D eigenvalue weighted by Gasteiger charge is 2.24. The molecule has 1 aliphatic rings. The molecule has 3 nitrogen and oxygen atoms in total. The van der Waals surface area contributed by atoms with E-state index in [1.165, 1.54) is 0 Å². The van der Waals surface area contributed by atoms with Gasteiger partial charge in [-0.15, -0.1) is 0 Å². The van der Waals surface area contributed by atoms with Gasteiger partial charge in [0.2, 0.25) is 0 Å². The third kappa shape index (κ3) is 2.83. The molecule has 1 heterocycles. The minimum Gasteiger partial charge on any atom is -0.303 e. The van der Waals surface area contributed by atoms with Crippen molar-refractivity contribution in [1.82, 2.24) is 5.01 Å². The summed E-state index contributed by atoms with van der Waals surface area (Å²) < 4.78 is 0. The Morgan fingerprint density at radius 3 is 2.23 bits per heavy atom. The Bertz CT molecular complexity index is 778. The van der Waals surface area contributed by atoms with Crippen LogP contribution in [0.4, 0.5) is 0 Å². The summed E-state index contributed by atoms with van der Waals surface area (Å²) in [4.78, 5) is 15.0. The summed E-state index contributed by atoms with van der Waals surface area (Å²) >= 11 is 1.63. The number of benzene rings is 2. The van der Waals surface area contributed by atoms with Gasteiger partial charge >= 0.3 is 0 Å². The van der Waals surface area contributed by atoms with E-state index >= 15 is 0 Å². The van der Waals surface area contributed by atoms with Crippen molar-refractivity contribution in [2.75, 3.05) is 14.1 Å². The van der Waals surface area contributed by atoms with Crippen LogP contribution in [-0.2, 0) is 0 Å². The van der Waals surface area contributed by atoms with Gasteiger partial charge in [-0.2, -0.15) is 5.10 Å². The Labute approximate surface area is 134 Å². The standard InChI is InChI=1S/C18H16N2OS/c1-20(2)19-12-11-14-13-7-3-5-9-16(13)22-17-10-6-4-8-15(17)18(14)21/h3-12H,1-2H3/b14-11+,19-12+. The zero-order chi connectivity index (χ0) is 15.5. The van der Waals surface area contributed by atoms with Gasteiger partial charge in [-0.05, 0) is 29.8 Å². The third-order valence-corrected chi connectivity index (χ3v) is 4.46. The quantitative estimate of drug-likeness (QED) is 0.478. The normalized spacial score (nSPS) is 15.5. The van der Waals surface area contributed by atoms with Crippen molar-refractivity contribution in [1.29, 1.82) is 0 Å². The second kappa shape index (κ2) is 6.20. The number of hydrogen-bond acceptors (Lipinski definition) is 4. The fourth-order valence-electron chi connectivity index (χ4n) is 2.31. The lowest BCUT2D eigenvalue weighted by atomic mass is 9.96. The van der Waals surface area contributed by atoms with E-state index in [1.807, 2.05) is 62.6 Å². The monoisotopic (exact) mass is 308 g/mol. The van der Waals surface area contributed by atoms with Crippen LogP contribution in [0.1, 0.15) is 15.9 Å². The van der Waals surface area contributed by atoms with Crippen molar-refractivity contribution < 1.29 is 4.79 Å². The first-order chi connectivity index (χ1) is 10.7. The first-order valence-corrected chi connectivity index (χ1v) is 7.81. The largest absolute Gasteiger partial charge is 0.303 e. The fraction of sp³-hybridized carbons (Fsp3) is 0.111. The molecule has 110 valence electrons. The third-order valence-electron chi connectivity index (χ3n) is 3.31. The van der Waals surface area contributed by atoms with Crippen LogP contribution in [0.15, 0.2) is 69.5 Å². The molecule has 22 heavy (non-hydrogen) atoms. The van der Waals surface area contributed by atoms with Crippen molar-refractivity contribution in [2.45, 2.75) is 9.79 Å². The molecule has 2 aromatic rings. The second-order valence-electron chi connectivity index (χ2n) is 5.12. The van der Waals surface area contributed by atoms with E-state index < -0.39 is 0 Å². The van der Waals surface area contributed by atoms with Gasteiger partial charge in [0.1, 0.15) is 0 Å². The highest BCUT2D eigenvalue weighted by atomic mass is 32.2. The maximum Gasteiger partial charge on any atom is 0.194 e. The van der Waals surface area contributed by atoms with Gasteiger partial charge in [-0.3, -0.25) is 4.79 Å². The Kier molecular flexibility index (Phi) is 4.11. The van der Waals surface area contributed by atoms with Crippen LogP contribution in [0, 0.1) is 0 Å². The van der Waals surface area contributed by atoms with Crippen molar-refractivity contribution in [3.8, 4) is 0 Å². The lowest BCUT2D eigenvalue weighted by molar-refractivity contribution is 0.105. The topological polar surface area (TPSA) is 32.7 Å². The Hall–Kier alpha value is -2.33. The van der Waals surface area contributed by atoms with Crippen molar-refractivity contribution >= 4 is 29.3 Å². The van der Waals surface area contributed by atoms with Gasteiger partial charge in [0.15, 0.2) is 5.78 Å². The molecule has 0 aliphatic carbocycles. The van der Waals surface area contributed by atoms with Gasteiger partial charge in [-0.1, -0.05) is 42.1 Å². The Morgan fingerprint density at radius 2 is 1.55 bits per heavy atom. The molecule has 0 saturated heterocycles. The average Bonchev–Trinajstić information content (AvgIpc) is 2.63. The molecule has 1 aliphatic heterocycles. The van der Waals surface area contributed by atoms with Gasteiger partial charge in [-0.25, -0.2) is 0 Å². The zero-order valence-corrected chi connectivity index (χ0v) is 13.3. The first kappa shape index (κ1) is 14.6. The molecule has 2 aromatic carbocycles. The number of rotatable bonds is 2. The Morgan fingerprint density at radius 1 is 0.955 bits per heavy atom. The van der Waals surface area contributed by atoms with Crippen molar-refractivity contribution in [2.24, 2.45) is 5.10 Å². The summed E-state index contributed by atoms with van der Waals surface area (Å²) in [6.45, 7) is 0. The molecule has 0 amide bonds. The van der Waals surface area contributed by atoms with E-state index in [0.717, 1.165) is 20.9 Å². The summed E-state index contributed by atoms with van der Waals surface area (Å²) in [5, 5.41) is 5.89. The summed E-state index contributed by atoms with van der Waals surface area (Å²) in [7, 11) is 3.70. The van der Waals surface area contributed by atoms with E-state index in [2.05, 4.69) is 5.10 Å². The predicted octanol–water partition coefficient (Wildman–Crippen LogP) is 3.96. The van der Waals surface area contributed by atoms with Crippen LogP contribution in [0.2, 0.25) is 0 Å². The number of allylic oxidation sites excluding steroid dienone is 2. The molecule has 0 spiro atoms. The average molecular weight is 308 g/mol. The van der Waals surface area contributed by atoms with Crippen molar-refractivity contribution in [3.63, 3.8) is 0 Å². The second-order valence-corrected chi connectivity index (χ2v) is 6.20. The van der Waals surface area contributed by atoms with Crippen LogP contribution in [0.3, 0.4) is 0 Å². The van der Waals surface area contributed by atoms with E-state index in [-0.39, 0.29) is 5.78 Å². The molecule has 0 N–H and O–H groups in total. The molecule has 3 rings (SSSR count). The van der Waals surface area contributed by atoms with Gasteiger partial charge in [0.05, 0.1) is 0 Å². The summed E-state index contributed by atoms with van der Waals surface area (Å²) in [5.74, 6) is 0.0401.